The van der Waals surface area contributed by atoms with Gasteiger partial charge in [0.05, 0.1) is 10.9 Å². The molecule has 0 bridgehead atoms. The van der Waals surface area contributed by atoms with Crippen molar-refractivity contribution in [2.45, 2.75) is 57.5 Å². The second-order valence-corrected chi connectivity index (χ2v) is 9.61. The molecule has 0 radical (unpaired) electrons. The number of halogens is 1. The van der Waals surface area contributed by atoms with Crippen LogP contribution in [0.1, 0.15) is 45.6 Å². The maximum absolute atomic E-state index is 12.6. The number of carbonyl (C=O) groups excluding carboxylic acids is 1. The molecule has 1 amide bonds. The molecule has 0 unspecified atom stereocenters. The molecule has 1 atom stereocenters. The molecule has 6 nitrogen and oxygen atoms in total. The number of nitrogens with one attached hydrogen (secondary N) is 1. The summed E-state index contributed by atoms with van der Waals surface area (Å²) in [5.74, 6) is -0.211. The van der Waals surface area contributed by atoms with E-state index in [2.05, 4.69) is 5.32 Å². The molecule has 2 rings (SSSR count). The Kier molecular flexibility index (Phi) is 8.07. The average Bonchev–Trinajstić information content (AvgIpc) is 2.59. The second-order valence-electron chi connectivity index (χ2n) is 7.67. The van der Waals surface area contributed by atoms with Gasteiger partial charge in [-0.05, 0) is 36.0 Å². The first-order valence-corrected chi connectivity index (χ1v) is 10.2. The Hall–Kier alpha value is -1.15. The molecular formula is C18H30ClN3O3S. The van der Waals surface area contributed by atoms with Gasteiger partial charge in [0, 0.05) is 19.6 Å². The third-order valence-corrected chi connectivity index (χ3v) is 6.47. The summed E-state index contributed by atoms with van der Waals surface area (Å²) in [5.41, 5.74) is 6.46. The Labute approximate surface area is 163 Å². The van der Waals surface area contributed by atoms with Crippen LogP contribution < -0.4 is 11.1 Å². The van der Waals surface area contributed by atoms with Crippen LogP contribution in [-0.4, -0.2) is 37.8 Å². The van der Waals surface area contributed by atoms with Crippen molar-refractivity contribution < 1.29 is 13.2 Å². The molecule has 1 fully saturated rings. The highest BCUT2D eigenvalue weighted by Gasteiger charge is 2.27. The molecular weight excluding hydrogens is 374 g/mol. The van der Waals surface area contributed by atoms with Crippen molar-refractivity contribution in [1.29, 1.82) is 0 Å². The maximum atomic E-state index is 12.6. The molecule has 1 aromatic rings. The number of benzene rings is 1. The Morgan fingerprint density at radius 2 is 1.69 bits per heavy atom. The van der Waals surface area contributed by atoms with Gasteiger partial charge in [-0.2, -0.15) is 4.31 Å². The van der Waals surface area contributed by atoms with Crippen molar-refractivity contribution in [3.05, 3.63) is 29.8 Å². The molecule has 0 aliphatic carbocycles. The third-order valence-electron chi connectivity index (χ3n) is 4.56. The lowest BCUT2D eigenvalue weighted by atomic mass is 9.87. The fraction of sp³-hybridized carbons (Fsp3) is 0.611. The van der Waals surface area contributed by atoms with Crippen molar-refractivity contribution >= 4 is 28.3 Å². The van der Waals surface area contributed by atoms with Crippen LogP contribution >= 0.6 is 12.4 Å². The normalized spacial score (nSPS) is 17.2. The van der Waals surface area contributed by atoms with E-state index in [0.717, 1.165) is 24.8 Å². The van der Waals surface area contributed by atoms with Gasteiger partial charge in [-0.1, -0.05) is 39.3 Å². The summed E-state index contributed by atoms with van der Waals surface area (Å²) in [4.78, 5) is 12.4. The standard InChI is InChI=1S/C18H29N3O3S.ClH/c1-18(2,3)16(19)17(22)20-13-14-7-9-15(10-8-14)25(23,24)21-11-5-4-6-12-21;/h7-10,16H,4-6,11-13,19H2,1-3H3,(H,20,22);1H/t16-;/m1./s1. The molecule has 0 aromatic heterocycles. The second kappa shape index (κ2) is 9.17. The van der Waals surface area contributed by atoms with Crippen LogP contribution in [0.3, 0.4) is 0 Å². The van der Waals surface area contributed by atoms with E-state index < -0.39 is 16.1 Å². The van der Waals surface area contributed by atoms with Crippen molar-refractivity contribution in [3.8, 4) is 0 Å². The van der Waals surface area contributed by atoms with E-state index in [1.807, 2.05) is 20.8 Å². The molecule has 26 heavy (non-hydrogen) atoms. The van der Waals surface area contributed by atoms with Gasteiger partial charge in [0.2, 0.25) is 15.9 Å². The predicted molar refractivity (Wildman–Crippen MR) is 106 cm³/mol. The topological polar surface area (TPSA) is 92.5 Å². The number of hydrogen-bond donors (Lipinski definition) is 2. The minimum atomic E-state index is -3.42. The Bertz CT molecular complexity index is 693. The van der Waals surface area contributed by atoms with Gasteiger partial charge in [0.1, 0.15) is 0 Å². The fourth-order valence-corrected chi connectivity index (χ4v) is 4.24. The van der Waals surface area contributed by atoms with E-state index in [4.69, 9.17) is 5.73 Å². The molecule has 1 aliphatic rings. The predicted octanol–water partition coefficient (Wildman–Crippen LogP) is 2.27. The average molecular weight is 404 g/mol. The van der Waals surface area contributed by atoms with Gasteiger partial charge in [0.25, 0.3) is 0 Å². The van der Waals surface area contributed by atoms with Gasteiger partial charge >= 0.3 is 0 Å². The van der Waals surface area contributed by atoms with E-state index in [0.29, 0.717) is 24.5 Å². The molecule has 1 heterocycles. The first-order chi connectivity index (χ1) is 11.6. The monoisotopic (exact) mass is 403 g/mol. The molecule has 1 aromatic carbocycles. The zero-order valence-corrected chi connectivity index (χ0v) is 17.3. The molecule has 0 spiro atoms. The maximum Gasteiger partial charge on any atom is 0.243 e. The molecule has 3 N–H and O–H groups in total. The largest absolute Gasteiger partial charge is 0.351 e. The zero-order valence-electron chi connectivity index (χ0n) is 15.7. The summed E-state index contributed by atoms with van der Waals surface area (Å²) in [6.07, 6.45) is 2.91. The van der Waals surface area contributed by atoms with Gasteiger partial charge in [-0.15, -0.1) is 12.4 Å². The zero-order chi connectivity index (χ0) is 18.7. The van der Waals surface area contributed by atoms with E-state index in [1.165, 1.54) is 0 Å². The minimum Gasteiger partial charge on any atom is -0.351 e. The summed E-state index contributed by atoms with van der Waals surface area (Å²) < 4.78 is 26.8. The summed E-state index contributed by atoms with van der Waals surface area (Å²) >= 11 is 0. The van der Waals surface area contributed by atoms with Crippen molar-refractivity contribution in [1.82, 2.24) is 9.62 Å². The van der Waals surface area contributed by atoms with Gasteiger partial charge in [0.15, 0.2) is 0 Å². The summed E-state index contributed by atoms with van der Waals surface area (Å²) in [7, 11) is -3.42. The van der Waals surface area contributed by atoms with Crippen molar-refractivity contribution in [3.63, 3.8) is 0 Å². The molecule has 8 heteroatoms. The lowest BCUT2D eigenvalue weighted by Gasteiger charge is -2.26. The smallest absolute Gasteiger partial charge is 0.243 e. The number of hydrogen-bond acceptors (Lipinski definition) is 4. The lowest BCUT2D eigenvalue weighted by Crippen LogP contribution is -2.48. The van der Waals surface area contributed by atoms with Crippen LogP contribution in [0.5, 0.6) is 0 Å². The molecule has 148 valence electrons. The first kappa shape index (κ1) is 22.9. The first-order valence-electron chi connectivity index (χ1n) is 8.75. The molecule has 1 aliphatic heterocycles. The Balaban J connectivity index is 0.00000338. The van der Waals surface area contributed by atoms with Crippen molar-refractivity contribution in [2.75, 3.05) is 13.1 Å². The summed E-state index contributed by atoms with van der Waals surface area (Å²) in [6.45, 7) is 7.24. The quantitative estimate of drug-likeness (QED) is 0.788. The lowest BCUT2D eigenvalue weighted by molar-refractivity contribution is -0.124. The summed E-state index contributed by atoms with van der Waals surface area (Å²) in [5, 5.41) is 2.80. The molecule has 1 saturated heterocycles. The number of nitrogens with zero attached hydrogens (tertiary/aromatic N) is 1. The highest BCUT2D eigenvalue weighted by molar-refractivity contribution is 7.89. The highest BCUT2D eigenvalue weighted by Crippen LogP contribution is 2.21. The SMILES string of the molecule is CC(C)(C)[C@H](N)C(=O)NCc1ccc(S(=O)(=O)N2CCCCC2)cc1.Cl. The van der Waals surface area contributed by atoms with Crippen LogP contribution in [0.2, 0.25) is 0 Å². The van der Waals surface area contributed by atoms with E-state index in [9.17, 15) is 13.2 Å². The number of nitrogens with two attached hydrogens (primary N) is 1. The van der Waals surface area contributed by atoms with Crippen molar-refractivity contribution in [2.24, 2.45) is 11.1 Å². The number of carbonyl (C=O) groups is 1. The van der Waals surface area contributed by atoms with Crippen LogP contribution in [0.25, 0.3) is 0 Å². The number of sulfonamides is 1. The Morgan fingerprint density at radius 1 is 1.15 bits per heavy atom. The number of piperidine rings is 1. The molecule has 0 saturated carbocycles. The third kappa shape index (κ3) is 5.67. The minimum absolute atomic E-state index is 0. The number of amides is 1. The van der Waals surface area contributed by atoms with Crippen LogP contribution in [0, 0.1) is 5.41 Å². The van der Waals surface area contributed by atoms with Crippen LogP contribution in [-0.2, 0) is 21.4 Å². The van der Waals surface area contributed by atoms with Crippen LogP contribution in [0.4, 0.5) is 0 Å². The van der Waals surface area contributed by atoms with Gasteiger partial charge < -0.3 is 11.1 Å². The highest BCUT2D eigenvalue weighted by atomic mass is 35.5. The Morgan fingerprint density at radius 3 is 2.19 bits per heavy atom. The fourth-order valence-electron chi connectivity index (χ4n) is 2.73. The van der Waals surface area contributed by atoms with E-state index in [-0.39, 0.29) is 23.7 Å². The summed E-state index contributed by atoms with van der Waals surface area (Å²) in [6, 6.07) is 6.09. The van der Waals surface area contributed by atoms with E-state index >= 15 is 0 Å². The van der Waals surface area contributed by atoms with E-state index in [1.54, 1.807) is 28.6 Å². The van der Waals surface area contributed by atoms with Gasteiger partial charge in [-0.25, -0.2) is 8.42 Å². The number of rotatable bonds is 5. The van der Waals surface area contributed by atoms with Gasteiger partial charge in [-0.3, -0.25) is 4.79 Å². The van der Waals surface area contributed by atoms with Crippen LogP contribution in [0.15, 0.2) is 29.2 Å².